The van der Waals surface area contributed by atoms with E-state index in [0.29, 0.717) is 5.57 Å². The van der Waals surface area contributed by atoms with Crippen LogP contribution in [0.15, 0.2) is 23.8 Å². The highest BCUT2D eigenvalue weighted by atomic mass is 32.3. The molecule has 17 heavy (non-hydrogen) atoms. The summed E-state index contributed by atoms with van der Waals surface area (Å²) in [6, 6.07) is 0.397. The topological polar surface area (TPSA) is 136 Å². The lowest BCUT2D eigenvalue weighted by Crippen LogP contribution is -2.32. The third kappa shape index (κ3) is 5.06. The molecule has 5 N–H and O–H groups in total. The molecule has 2 aliphatic rings. The van der Waals surface area contributed by atoms with Crippen LogP contribution in [-0.2, 0) is 15.2 Å². The standard InChI is InChI=1S/C8H10N2O2.H2O4S/c11-8(12)5-1-2-6-7(3-5)10-4-9-6;1-5(2,3)4/h1-3,6-7,9-10H,4H2,(H,11,12);(H2,1,2,3,4). The van der Waals surface area contributed by atoms with E-state index in [1.165, 1.54) is 0 Å². The van der Waals surface area contributed by atoms with Crippen molar-refractivity contribution in [3.05, 3.63) is 23.8 Å². The Morgan fingerprint density at radius 1 is 1.29 bits per heavy atom. The Bertz CT molecular complexity index is 447. The van der Waals surface area contributed by atoms with Gasteiger partial charge in [-0.15, -0.1) is 0 Å². The van der Waals surface area contributed by atoms with E-state index >= 15 is 0 Å². The van der Waals surface area contributed by atoms with Crippen molar-refractivity contribution in [2.24, 2.45) is 0 Å². The molecule has 0 amide bonds. The van der Waals surface area contributed by atoms with E-state index in [0.717, 1.165) is 6.67 Å². The van der Waals surface area contributed by atoms with Gasteiger partial charge >= 0.3 is 16.4 Å². The van der Waals surface area contributed by atoms with Crippen LogP contribution in [0.2, 0.25) is 0 Å². The summed E-state index contributed by atoms with van der Waals surface area (Å²) in [5, 5.41) is 15.0. The fourth-order valence-corrected chi connectivity index (χ4v) is 1.50. The van der Waals surface area contributed by atoms with Crippen molar-refractivity contribution < 1.29 is 27.4 Å². The van der Waals surface area contributed by atoms with Crippen LogP contribution in [0.3, 0.4) is 0 Å². The first kappa shape index (κ1) is 13.8. The first-order valence-corrected chi connectivity index (χ1v) is 5.97. The number of carboxylic acids is 1. The van der Waals surface area contributed by atoms with Crippen molar-refractivity contribution in [2.75, 3.05) is 6.67 Å². The van der Waals surface area contributed by atoms with Crippen LogP contribution in [0.25, 0.3) is 0 Å². The Balaban J connectivity index is 0.000000249. The zero-order valence-corrected chi connectivity index (χ0v) is 9.38. The summed E-state index contributed by atoms with van der Waals surface area (Å²) in [5.74, 6) is -0.863. The van der Waals surface area contributed by atoms with Gasteiger partial charge in [-0.25, -0.2) is 4.79 Å². The average Bonchev–Trinajstić information content (AvgIpc) is 2.60. The van der Waals surface area contributed by atoms with Crippen LogP contribution < -0.4 is 10.6 Å². The van der Waals surface area contributed by atoms with Crippen molar-refractivity contribution in [2.45, 2.75) is 12.1 Å². The molecule has 1 aliphatic carbocycles. The normalized spacial score (nSPS) is 26.6. The third-order valence-electron chi connectivity index (χ3n) is 2.15. The summed E-state index contributed by atoms with van der Waals surface area (Å²) in [6.45, 7) is 0.739. The van der Waals surface area contributed by atoms with Gasteiger partial charge in [0, 0.05) is 18.8 Å². The Labute approximate surface area is 97.6 Å². The van der Waals surface area contributed by atoms with Gasteiger partial charge in [-0.3, -0.25) is 19.7 Å². The van der Waals surface area contributed by atoms with Crippen molar-refractivity contribution in [1.29, 1.82) is 0 Å². The fraction of sp³-hybridized carbons (Fsp3) is 0.375. The lowest BCUT2D eigenvalue weighted by molar-refractivity contribution is -0.132. The highest BCUT2D eigenvalue weighted by molar-refractivity contribution is 7.79. The molecular formula is C8H12N2O6S. The zero-order chi connectivity index (χ0) is 13.1. The summed E-state index contributed by atoms with van der Waals surface area (Å²) in [7, 11) is -4.67. The average molecular weight is 264 g/mol. The van der Waals surface area contributed by atoms with Crippen LogP contribution in [0.5, 0.6) is 0 Å². The molecule has 2 rings (SSSR count). The Morgan fingerprint density at radius 2 is 1.82 bits per heavy atom. The van der Waals surface area contributed by atoms with Crippen molar-refractivity contribution in [3.8, 4) is 0 Å². The van der Waals surface area contributed by atoms with Crippen LogP contribution in [0.1, 0.15) is 0 Å². The first-order chi connectivity index (χ1) is 7.77. The number of fused-ring (bicyclic) bond motifs is 1. The molecule has 1 fully saturated rings. The minimum Gasteiger partial charge on any atom is -0.478 e. The number of carbonyl (C=O) groups is 1. The quantitative estimate of drug-likeness (QED) is 0.373. The van der Waals surface area contributed by atoms with E-state index in [1.54, 1.807) is 12.2 Å². The summed E-state index contributed by atoms with van der Waals surface area (Å²) >= 11 is 0. The van der Waals surface area contributed by atoms with E-state index in [-0.39, 0.29) is 12.1 Å². The third-order valence-corrected chi connectivity index (χ3v) is 2.15. The van der Waals surface area contributed by atoms with Gasteiger partial charge in [0.2, 0.25) is 0 Å². The SMILES string of the molecule is O=C(O)C1=CC2NCNC2C=C1.O=S(=O)(O)O. The minimum absolute atomic E-state index is 0.140. The monoisotopic (exact) mass is 264 g/mol. The molecule has 8 nitrogen and oxygen atoms in total. The molecule has 0 saturated carbocycles. The maximum atomic E-state index is 10.6. The molecule has 0 aromatic rings. The number of aliphatic carboxylic acids is 1. The maximum Gasteiger partial charge on any atom is 0.394 e. The van der Waals surface area contributed by atoms with Gasteiger partial charge in [0.1, 0.15) is 0 Å². The van der Waals surface area contributed by atoms with Crippen LogP contribution in [-0.4, -0.2) is 47.4 Å². The molecule has 0 spiro atoms. The number of rotatable bonds is 1. The summed E-state index contributed by atoms with van der Waals surface area (Å²) < 4.78 is 31.6. The van der Waals surface area contributed by atoms with Gasteiger partial charge in [0.15, 0.2) is 0 Å². The van der Waals surface area contributed by atoms with Crippen LogP contribution in [0.4, 0.5) is 0 Å². The summed E-state index contributed by atoms with van der Waals surface area (Å²) in [4.78, 5) is 10.6. The second-order valence-corrected chi connectivity index (χ2v) is 4.27. The molecule has 0 aromatic carbocycles. The summed E-state index contributed by atoms with van der Waals surface area (Å²) in [5.41, 5.74) is 0.368. The minimum atomic E-state index is -4.67. The van der Waals surface area contributed by atoms with Crippen LogP contribution in [0, 0.1) is 0 Å². The second-order valence-electron chi connectivity index (χ2n) is 3.37. The van der Waals surface area contributed by atoms with E-state index < -0.39 is 16.4 Å². The highest BCUT2D eigenvalue weighted by Crippen LogP contribution is 2.13. The van der Waals surface area contributed by atoms with Gasteiger partial charge in [0.05, 0.1) is 5.57 Å². The predicted molar refractivity (Wildman–Crippen MR) is 57.8 cm³/mol. The Kier molecular flexibility index (Phi) is 4.37. The summed E-state index contributed by atoms with van der Waals surface area (Å²) in [6.07, 6.45) is 5.27. The maximum absolute atomic E-state index is 10.6. The van der Waals surface area contributed by atoms with Crippen molar-refractivity contribution in [1.82, 2.24) is 10.6 Å². The molecule has 2 atom stereocenters. The second kappa shape index (κ2) is 5.38. The van der Waals surface area contributed by atoms with Gasteiger partial charge < -0.3 is 5.11 Å². The molecule has 0 radical (unpaired) electrons. The number of carboxylic acid groups (broad SMARTS) is 1. The van der Waals surface area contributed by atoms with Crippen LogP contribution >= 0.6 is 0 Å². The lowest BCUT2D eigenvalue weighted by atomic mass is 10.00. The van der Waals surface area contributed by atoms with Crippen molar-refractivity contribution in [3.63, 3.8) is 0 Å². The van der Waals surface area contributed by atoms with Gasteiger partial charge in [0.25, 0.3) is 0 Å². The molecule has 2 unspecified atom stereocenters. The van der Waals surface area contributed by atoms with E-state index in [2.05, 4.69) is 10.6 Å². The predicted octanol–water partition coefficient (Wildman–Crippen LogP) is -1.20. The smallest absolute Gasteiger partial charge is 0.394 e. The molecule has 1 aliphatic heterocycles. The molecule has 9 heteroatoms. The van der Waals surface area contributed by atoms with Gasteiger partial charge in [-0.1, -0.05) is 18.2 Å². The molecule has 0 bridgehead atoms. The van der Waals surface area contributed by atoms with Gasteiger partial charge in [-0.05, 0) is 0 Å². The number of nitrogens with one attached hydrogen (secondary N) is 2. The molecule has 0 aromatic heterocycles. The van der Waals surface area contributed by atoms with Gasteiger partial charge in [-0.2, -0.15) is 8.42 Å². The number of hydrogen-bond donors (Lipinski definition) is 5. The van der Waals surface area contributed by atoms with Crippen molar-refractivity contribution >= 4 is 16.4 Å². The van der Waals surface area contributed by atoms with E-state index in [9.17, 15) is 4.79 Å². The Hall–Kier alpha value is -1.26. The van der Waals surface area contributed by atoms with E-state index in [1.807, 2.05) is 6.08 Å². The zero-order valence-electron chi connectivity index (χ0n) is 8.57. The lowest BCUT2D eigenvalue weighted by Gasteiger charge is -2.16. The molecule has 1 heterocycles. The molecule has 96 valence electrons. The first-order valence-electron chi connectivity index (χ1n) is 4.57. The Morgan fingerprint density at radius 3 is 2.35 bits per heavy atom. The molecule has 1 saturated heterocycles. The highest BCUT2D eigenvalue weighted by Gasteiger charge is 2.26. The fourth-order valence-electron chi connectivity index (χ4n) is 1.50. The number of hydrogen-bond acceptors (Lipinski definition) is 5. The van der Waals surface area contributed by atoms with E-state index in [4.69, 9.17) is 22.6 Å². The largest absolute Gasteiger partial charge is 0.478 e. The molecular weight excluding hydrogens is 252 g/mol.